The van der Waals surface area contributed by atoms with Gasteiger partial charge < -0.3 is 20.5 Å². The van der Waals surface area contributed by atoms with E-state index in [1.807, 2.05) is 30.3 Å². The highest BCUT2D eigenvalue weighted by Gasteiger charge is 2.24. The fourth-order valence-corrected chi connectivity index (χ4v) is 3.34. The predicted molar refractivity (Wildman–Crippen MR) is 129 cm³/mol. The van der Waals surface area contributed by atoms with Gasteiger partial charge in [0.1, 0.15) is 6.61 Å². The first-order valence-corrected chi connectivity index (χ1v) is 11.4. The van der Waals surface area contributed by atoms with Gasteiger partial charge in [0, 0.05) is 12.5 Å². The number of nitrogens with one attached hydrogen (secondary N) is 2. The molecule has 33 heavy (non-hydrogen) atoms. The molecule has 0 aromatic heterocycles. The second kappa shape index (κ2) is 15.8. The molecule has 182 valence electrons. The number of carbonyl (C=O) groups excluding carboxylic acids is 3. The van der Waals surface area contributed by atoms with E-state index in [1.54, 1.807) is 26.0 Å². The van der Waals surface area contributed by atoms with E-state index >= 15 is 0 Å². The minimum atomic E-state index is -0.593. The zero-order valence-corrected chi connectivity index (χ0v) is 19.8. The highest BCUT2D eigenvalue weighted by molar-refractivity contribution is 5.86. The number of allylic oxidation sites excluding steroid dienone is 2. The number of esters is 1. The third-order valence-corrected chi connectivity index (χ3v) is 5.18. The number of ether oxygens (including phenoxy) is 1. The molecular weight excluding hydrogens is 420 g/mol. The molecule has 1 rings (SSSR count). The number of aliphatic hydroxyl groups is 1. The van der Waals surface area contributed by atoms with Crippen LogP contribution in [0.25, 0.3) is 0 Å². The van der Waals surface area contributed by atoms with Crippen LogP contribution in [-0.2, 0) is 25.5 Å². The molecule has 0 unspecified atom stereocenters. The van der Waals surface area contributed by atoms with E-state index in [9.17, 15) is 14.4 Å². The van der Waals surface area contributed by atoms with E-state index in [-0.39, 0.29) is 49.4 Å². The molecule has 0 bridgehead atoms. The first kappa shape index (κ1) is 28.1. The van der Waals surface area contributed by atoms with Crippen molar-refractivity contribution >= 4 is 17.8 Å². The Labute approximate surface area is 197 Å². The van der Waals surface area contributed by atoms with Gasteiger partial charge in [-0.15, -0.1) is 13.2 Å². The zero-order chi connectivity index (χ0) is 24.6. The lowest BCUT2D eigenvalue weighted by atomic mass is 9.95. The second-order valence-electron chi connectivity index (χ2n) is 8.37. The topological polar surface area (TPSA) is 105 Å². The summed E-state index contributed by atoms with van der Waals surface area (Å²) in [6.45, 7) is 10.7. The summed E-state index contributed by atoms with van der Waals surface area (Å²) < 4.78 is 5.51. The van der Waals surface area contributed by atoms with Gasteiger partial charge in [-0.2, -0.15) is 0 Å². The van der Waals surface area contributed by atoms with Crippen molar-refractivity contribution < 1.29 is 24.2 Å². The summed E-state index contributed by atoms with van der Waals surface area (Å²) in [4.78, 5) is 37.5. The first-order valence-electron chi connectivity index (χ1n) is 11.4. The smallest absolute Gasteiger partial charge is 0.309 e. The number of hydrogen-bond donors (Lipinski definition) is 3. The van der Waals surface area contributed by atoms with Crippen LogP contribution in [0, 0.1) is 11.8 Å². The van der Waals surface area contributed by atoms with Gasteiger partial charge in [-0.1, -0.05) is 42.5 Å². The van der Waals surface area contributed by atoms with Gasteiger partial charge in [-0.05, 0) is 45.1 Å². The maximum atomic E-state index is 12.7. The van der Waals surface area contributed by atoms with Gasteiger partial charge in [0.25, 0.3) is 0 Å². The van der Waals surface area contributed by atoms with E-state index < -0.39 is 12.0 Å². The molecule has 0 aliphatic carbocycles. The molecule has 1 aromatic rings. The van der Waals surface area contributed by atoms with Crippen molar-refractivity contribution in [1.82, 2.24) is 10.6 Å². The van der Waals surface area contributed by atoms with Crippen LogP contribution in [0.4, 0.5) is 0 Å². The Morgan fingerprint density at radius 3 is 2.33 bits per heavy atom. The Hall–Kier alpha value is -2.93. The van der Waals surface area contributed by atoms with E-state index in [0.29, 0.717) is 25.7 Å². The molecule has 0 aliphatic rings. The van der Waals surface area contributed by atoms with E-state index in [0.717, 1.165) is 5.56 Å². The van der Waals surface area contributed by atoms with Crippen LogP contribution >= 0.6 is 0 Å². The van der Waals surface area contributed by atoms with Crippen LogP contribution in [0.1, 0.15) is 45.1 Å². The monoisotopic (exact) mass is 458 g/mol. The molecule has 0 spiro atoms. The second-order valence-corrected chi connectivity index (χ2v) is 8.37. The van der Waals surface area contributed by atoms with Crippen LogP contribution < -0.4 is 10.6 Å². The first-order chi connectivity index (χ1) is 15.8. The van der Waals surface area contributed by atoms with Crippen molar-refractivity contribution in [3.63, 3.8) is 0 Å². The SMILES string of the molecule is C=CCC[C@H](Cc1ccccc1)C(=O)OC[C@H](C)NC(=O)[C@H](CC=C)CC(=O)N[C@H](C)CO. The average molecular weight is 459 g/mol. The zero-order valence-electron chi connectivity index (χ0n) is 19.8. The maximum absolute atomic E-state index is 12.7. The molecule has 4 atom stereocenters. The minimum Gasteiger partial charge on any atom is -0.463 e. The Kier molecular flexibility index (Phi) is 13.5. The highest BCUT2D eigenvalue weighted by atomic mass is 16.5. The van der Waals surface area contributed by atoms with Crippen molar-refractivity contribution in [3.05, 3.63) is 61.2 Å². The van der Waals surface area contributed by atoms with Crippen molar-refractivity contribution in [2.24, 2.45) is 11.8 Å². The highest BCUT2D eigenvalue weighted by Crippen LogP contribution is 2.17. The van der Waals surface area contributed by atoms with E-state index in [1.165, 1.54) is 0 Å². The number of hydrogen-bond acceptors (Lipinski definition) is 5. The minimum absolute atomic E-state index is 0.0184. The lowest BCUT2D eigenvalue weighted by Crippen LogP contribution is -2.43. The van der Waals surface area contributed by atoms with Crippen molar-refractivity contribution in [1.29, 1.82) is 0 Å². The normalized spacial score (nSPS) is 14.3. The van der Waals surface area contributed by atoms with Crippen LogP contribution in [-0.4, -0.2) is 48.2 Å². The molecule has 0 aliphatic heterocycles. The molecule has 1 aromatic carbocycles. The summed E-state index contributed by atoms with van der Waals surface area (Å²) in [7, 11) is 0. The van der Waals surface area contributed by atoms with Gasteiger partial charge in [-0.25, -0.2) is 0 Å². The molecule has 7 heteroatoms. The van der Waals surface area contributed by atoms with Crippen LogP contribution in [0.3, 0.4) is 0 Å². The molecule has 2 amide bonds. The lowest BCUT2D eigenvalue weighted by Gasteiger charge is -2.21. The number of carbonyl (C=O) groups is 3. The number of aliphatic hydroxyl groups excluding tert-OH is 1. The lowest BCUT2D eigenvalue weighted by molar-refractivity contribution is -0.150. The molecule has 0 fully saturated rings. The van der Waals surface area contributed by atoms with Crippen molar-refractivity contribution in [3.8, 4) is 0 Å². The summed E-state index contributed by atoms with van der Waals surface area (Å²) in [5.41, 5.74) is 1.06. The quantitative estimate of drug-likeness (QED) is 0.261. The Morgan fingerprint density at radius 2 is 1.73 bits per heavy atom. The summed E-state index contributed by atoms with van der Waals surface area (Å²) >= 11 is 0. The molecule has 0 saturated carbocycles. The Bertz CT molecular complexity index is 765. The van der Waals surface area contributed by atoms with Crippen molar-refractivity contribution in [2.45, 2.75) is 58.0 Å². The summed E-state index contributed by atoms with van der Waals surface area (Å²) in [5, 5.41) is 14.5. The fraction of sp³-hybridized carbons (Fsp3) is 0.500. The molecule has 3 N–H and O–H groups in total. The summed E-state index contributed by atoms with van der Waals surface area (Å²) in [5.74, 6) is -1.81. The van der Waals surface area contributed by atoms with Gasteiger partial charge in [0.15, 0.2) is 0 Å². The number of rotatable bonds is 16. The van der Waals surface area contributed by atoms with Gasteiger partial charge in [0.2, 0.25) is 11.8 Å². The summed E-state index contributed by atoms with van der Waals surface area (Å²) in [6.07, 6.45) is 5.61. The predicted octanol–water partition coefficient (Wildman–Crippen LogP) is 2.94. The fourth-order valence-electron chi connectivity index (χ4n) is 3.34. The molecule has 0 radical (unpaired) electrons. The standard InChI is InChI=1S/C26H38N2O5/c1-5-7-14-23(15-21-12-9-8-10-13-21)26(32)33-18-20(4)28-25(31)22(11-6-2)16-24(30)27-19(3)17-29/h5-6,8-10,12-13,19-20,22-23,29H,1-2,7,11,14-18H2,3-4H3,(H,27,30)(H,28,31)/t19-,20+,22-,23-/m1/s1. The van der Waals surface area contributed by atoms with Crippen LogP contribution in [0.5, 0.6) is 0 Å². The maximum Gasteiger partial charge on any atom is 0.309 e. The Morgan fingerprint density at radius 1 is 1.03 bits per heavy atom. The molecule has 7 nitrogen and oxygen atoms in total. The third kappa shape index (κ3) is 11.5. The van der Waals surface area contributed by atoms with Crippen LogP contribution in [0.15, 0.2) is 55.6 Å². The van der Waals surface area contributed by atoms with Crippen molar-refractivity contribution in [2.75, 3.05) is 13.2 Å². The van der Waals surface area contributed by atoms with Crippen LogP contribution in [0.2, 0.25) is 0 Å². The third-order valence-electron chi connectivity index (χ3n) is 5.18. The Balaban J connectivity index is 2.60. The molecular formula is C26H38N2O5. The van der Waals surface area contributed by atoms with Gasteiger partial charge in [0.05, 0.1) is 24.5 Å². The van der Waals surface area contributed by atoms with Gasteiger partial charge in [-0.3, -0.25) is 14.4 Å². The van der Waals surface area contributed by atoms with E-state index in [4.69, 9.17) is 9.84 Å². The molecule has 0 saturated heterocycles. The number of benzene rings is 1. The average Bonchev–Trinajstić information content (AvgIpc) is 2.80. The number of amides is 2. The largest absolute Gasteiger partial charge is 0.463 e. The summed E-state index contributed by atoms with van der Waals surface area (Å²) in [6, 6.07) is 8.97. The van der Waals surface area contributed by atoms with E-state index in [2.05, 4.69) is 23.8 Å². The van der Waals surface area contributed by atoms with Gasteiger partial charge >= 0.3 is 5.97 Å². The molecule has 0 heterocycles.